The topological polar surface area (TPSA) is 43.1 Å². The van der Waals surface area contributed by atoms with Crippen LogP contribution in [0.5, 0.6) is 0 Å². The van der Waals surface area contributed by atoms with E-state index in [0.717, 1.165) is 24.3 Å². The minimum Gasteiger partial charge on any atom is -0.323 e. The van der Waals surface area contributed by atoms with Crippen LogP contribution in [0.4, 0.5) is 0 Å². The first-order valence-electron chi connectivity index (χ1n) is 7.67. The molecule has 0 aromatic heterocycles. The van der Waals surface area contributed by atoms with Crippen molar-refractivity contribution in [2.45, 2.75) is 57.7 Å². The number of hydrogen-bond acceptors (Lipinski definition) is 2. The number of benzene rings is 1. The summed E-state index contributed by atoms with van der Waals surface area (Å²) < 4.78 is 12.5. The van der Waals surface area contributed by atoms with Gasteiger partial charge in [-0.2, -0.15) is 0 Å². The van der Waals surface area contributed by atoms with E-state index in [0.29, 0.717) is 11.0 Å². The third kappa shape index (κ3) is 3.92. The lowest BCUT2D eigenvalue weighted by Gasteiger charge is -2.27. The molecule has 4 unspecified atom stereocenters. The van der Waals surface area contributed by atoms with Crippen LogP contribution in [0.2, 0.25) is 0 Å². The van der Waals surface area contributed by atoms with E-state index >= 15 is 0 Å². The molecule has 0 amide bonds. The second-order valence-electron chi connectivity index (χ2n) is 6.39. The van der Waals surface area contributed by atoms with Crippen molar-refractivity contribution in [3.63, 3.8) is 0 Å². The molecule has 3 heteroatoms. The lowest BCUT2D eigenvalue weighted by molar-refractivity contribution is 0.389. The molecule has 0 radical (unpaired) electrons. The molecule has 112 valence electrons. The molecular formula is C17H27NOS. The molecule has 0 aliphatic heterocycles. The summed E-state index contributed by atoms with van der Waals surface area (Å²) in [7, 11) is -0.795. The molecule has 0 saturated heterocycles. The van der Waals surface area contributed by atoms with Crippen LogP contribution in [0.25, 0.3) is 0 Å². The highest BCUT2D eigenvalue weighted by Gasteiger charge is 2.25. The third-order valence-corrected chi connectivity index (χ3v) is 6.42. The van der Waals surface area contributed by atoms with Gasteiger partial charge in [-0.15, -0.1) is 0 Å². The van der Waals surface area contributed by atoms with Gasteiger partial charge in [0.25, 0.3) is 0 Å². The number of rotatable bonds is 4. The molecule has 1 aliphatic carbocycles. The number of aryl methyl sites for hydroxylation is 2. The van der Waals surface area contributed by atoms with Gasteiger partial charge in [0.15, 0.2) is 0 Å². The van der Waals surface area contributed by atoms with Gasteiger partial charge in [0.1, 0.15) is 0 Å². The van der Waals surface area contributed by atoms with E-state index in [1.807, 2.05) is 0 Å². The summed E-state index contributed by atoms with van der Waals surface area (Å²) in [5, 5.41) is 0.358. The average Bonchev–Trinajstić information content (AvgIpc) is 2.41. The summed E-state index contributed by atoms with van der Waals surface area (Å²) in [6.07, 6.45) is 4.72. The van der Waals surface area contributed by atoms with E-state index in [1.165, 1.54) is 24.0 Å². The van der Waals surface area contributed by atoms with Crippen molar-refractivity contribution in [1.29, 1.82) is 0 Å². The van der Waals surface area contributed by atoms with E-state index in [1.54, 1.807) is 0 Å². The monoisotopic (exact) mass is 293 g/mol. The molecule has 20 heavy (non-hydrogen) atoms. The molecule has 1 aromatic rings. The Morgan fingerprint density at radius 2 is 2.05 bits per heavy atom. The molecule has 1 aromatic carbocycles. The molecule has 4 atom stereocenters. The second-order valence-corrected chi connectivity index (χ2v) is 8.15. The summed E-state index contributed by atoms with van der Waals surface area (Å²) in [6, 6.07) is 6.22. The summed E-state index contributed by atoms with van der Waals surface area (Å²) in [5.74, 6) is 1.32. The Balaban J connectivity index is 1.97. The Hall–Kier alpha value is -0.670. The quantitative estimate of drug-likeness (QED) is 0.921. The SMILES string of the molecule is Cc1ccc(C(N)CS(=O)C2CCCC(C)C2)cc1C. The predicted molar refractivity (Wildman–Crippen MR) is 87.3 cm³/mol. The maximum atomic E-state index is 12.5. The Morgan fingerprint density at radius 1 is 1.30 bits per heavy atom. The predicted octanol–water partition coefficient (Wildman–Crippen LogP) is 3.63. The zero-order chi connectivity index (χ0) is 14.7. The first-order valence-corrected chi connectivity index (χ1v) is 9.05. The maximum absolute atomic E-state index is 12.5. The second kappa shape index (κ2) is 6.86. The Labute approximate surface area is 125 Å². The zero-order valence-corrected chi connectivity index (χ0v) is 13.7. The van der Waals surface area contributed by atoms with Crippen molar-refractivity contribution in [1.82, 2.24) is 0 Å². The Kier molecular flexibility index (Phi) is 5.39. The van der Waals surface area contributed by atoms with Crippen LogP contribution in [0.15, 0.2) is 18.2 Å². The largest absolute Gasteiger partial charge is 0.323 e. The first kappa shape index (κ1) is 15.7. The van der Waals surface area contributed by atoms with Gasteiger partial charge in [0.05, 0.1) is 0 Å². The summed E-state index contributed by atoms with van der Waals surface area (Å²) >= 11 is 0. The van der Waals surface area contributed by atoms with Crippen LogP contribution in [-0.4, -0.2) is 15.2 Å². The fraction of sp³-hybridized carbons (Fsp3) is 0.647. The number of nitrogens with two attached hydrogens (primary N) is 1. The smallest absolute Gasteiger partial charge is 0.0431 e. The molecule has 0 bridgehead atoms. The Bertz CT molecular complexity index is 486. The van der Waals surface area contributed by atoms with Gasteiger partial charge in [-0.1, -0.05) is 38.0 Å². The molecule has 2 nitrogen and oxygen atoms in total. The number of hydrogen-bond donors (Lipinski definition) is 1. The van der Waals surface area contributed by atoms with Gasteiger partial charge in [0, 0.05) is 27.8 Å². The van der Waals surface area contributed by atoms with Crippen molar-refractivity contribution in [3.05, 3.63) is 34.9 Å². The highest BCUT2D eigenvalue weighted by molar-refractivity contribution is 7.85. The van der Waals surface area contributed by atoms with E-state index in [2.05, 4.69) is 39.0 Å². The third-order valence-electron chi connectivity index (χ3n) is 4.56. The van der Waals surface area contributed by atoms with Gasteiger partial charge in [-0.25, -0.2) is 0 Å². The van der Waals surface area contributed by atoms with Crippen molar-refractivity contribution in [2.24, 2.45) is 11.7 Å². The summed E-state index contributed by atoms with van der Waals surface area (Å²) in [4.78, 5) is 0. The highest BCUT2D eigenvalue weighted by atomic mass is 32.2. The fourth-order valence-electron chi connectivity index (χ4n) is 3.02. The van der Waals surface area contributed by atoms with Crippen LogP contribution in [0.1, 0.15) is 55.3 Å². The lowest BCUT2D eigenvalue weighted by Crippen LogP contribution is -2.29. The fourth-order valence-corrected chi connectivity index (χ4v) is 4.81. The van der Waals surface area contributed by atoms with Crippen LogP contribution >= 0.6 is 0 Å². The van der Waals surface area contributed by atoms with Crippen LogP contribution in [0.3, 0.4) is 0 Å². The van der Waals surface area contributed by atoms with Crippen LogP contribution in [0, 0.1) is 19.8 Å². The van der Waals surface area contributed by atoms with E-state index in [9.17, 15) is 4.21 Å². The van der Waals surface area contributed by atoms with Crippen LogP contribution in [-0.2, 0) is 10.8 Å². The lowest BCUT2D eigenvalue weighted by atomic mass is 9.91. The van der Waals surface area contributed by atoms with Crippen molar-refractivity contribution < 1.29 is 4.21 Å². The maximum Gasteiger partial charge on any atom is 0.0431 e. The first-order chi connectivity index (χ1) is 9.47. The van der Waals surface area contributed by atoms with Gasteiger partial charge in [-0.3, -0.25) is 4.21 Å². The normalized spacial score (nSPS) is 26.2. The molecule has 1 saturated carbocycles. The minimum atomic E-state index is -0.795. The van der Waals surface area contributed by atoms with E-state index < -0.39 is 10.8 Å². The van der Waals surface area contributed by atoms with Gasteiger partial charge < -0.3 is 5.73 Å². The Morgan fingerprint density at radius 3 is 2.70 bits per heavy atom. The van der Waals surface area contributed by atoms with Crippen LogP contribution < -0.4 is 5.73 Å². The van der Waals surface area contributed by atoms with Gasteiger partial charge in [0.2, 0.25) is 0 Å². The van der Waals surface area contributed by atoms with E-state index in [-0.39, 0.29) is 6.04 Å². The standard InChI is InChI=1S/C17H27NOS/c1-12-5-4-6-16(9-12)20(19)11-17(18)15-8-7-13(2)14(3)10-15/h7-8,10,12,16-17H,4-6,9,11,18H2,1-3H3. The molecule has 0 spiro atoms. The molecular weight excluding hydrogens is 266 g/mol. The molecule has 0 heterocycles. The summed E-state index contributed by atoms with van der Waals surface area (Å²) in [5.41, 5.74) is 9.92. The molecule has 1 fully saturated rings. The summed E-state index contributed by atoms with van der Waals surface area (Å²) in [6.45, 7) is 6.48. The van der Waals surface area contributed by atoms with Crippen molar-refractivity contribution in [2.75, 3.05) is 5.75 Å². The van der Waals surface area contributed by atoms with Gasteiger partial charge >= 0.3 is 0 Å². The van der Waals surface area contributed by atoms with Crippen molar-refractivity contribution in [3.8, 4) is 0 Å². The average molecular weight is 293 g/mol. The minimum absolute atomic E-state index is 0.104. The highest BCUT2D eigenvalue weighted by Crippen LogP contribution is 2.28. The molecule has 2 rings (SSSR count). The molecule has 1 aliphatic rings. The van der Waals surface area contributed by atoms with Gasteiger partial charge in [-0.05, 0) is 49.3 Å². The van der Waals surface area contributed by atoms with Crippen molar-refractivity contribution >= 4 is 10.8 Å². The molecule has 2 N–H and O–H groups in total. The zero-order valence-electron chi connectivity index (χ0n) is 12.9. The van der Waals surface area contributed by atoms with E-state index in [4.69, 9.17) is 5.73 Å².